The number of hydrogen-bond acceptors (Lipinski definition) is 6. The van der Waals surface area contributed by atoms with Crippen molar-refractivity contribution in [1.82, 2.24) is 5.32 Å². The lowest BCUT2D eigenvalue weighted by Gasteiger charge is -2.23. The predicted molar refractivity (Wildman–Crippen MR) is 115 cm³/mol. The van der Waals surface area contributed by atoms with Crippen LogP contribution >= 0.6 is 0 Å². The third kappa shape index (κ3) is 6.34. The van der Waals surface area contributed by atoms with Gasteiger partial charge in [0, 0.05) is 17.0 Å². The molecule has 0 saturated heterocycles. The van der Waals surface area contributed by atoms with E-state index in [9.17, 15) is 14.4 Å². The van der Waals surface area contributed by atoms with Gasteiger partial charge < -0.3 is 19.2 Å². The van der Waals surface area contributed by atoms with E-state index in [-0.39, 0.29) is 5.75 Å². The number of esters is 1. The Hall–Kier alpha value is -2.83. The first-order valence-corrected chi connectivity index (χ1v) is 10.1. The molecule has 1 aromatic heterocycles. The van der Waals surface area contributed by atoms with Crippen LogP contribution in [-0.4, -0.2) is 23.7 Å². The standard InChI is InChI=1S/C23H31NO6/c1-13(2)8-11-18(24-22(27)30-23(5,6)7)21(26)28-16-9-10-17-14(3)15(4)20(25)29-19(17)12-16/h9-10,12-13,18H,8,11H2,1-7H3,(H,24,27)/t18-/m1/s1. The Morgan fingerprint density at radius 2 is 1.77 bits per heavy atom. The van der Waals surface area contributed by atoms with Gasteiger partial charge in [-0.2, -0.15) is 0 Å². The van der Waals surface area contributed by atoms with Gasteiger partial charge in [0.25, 0.3) is 0 Å². The second-order valence-electron chi connectivity index (χ2n) is 8.89. The van der Waals surface area contributed by atoms with Gasteiger partial charge in [0.2, 0.25) is 0 Å². The Kier molecular flexibility index (Phi) is 7.29. The van der Waals surface area contributed by atoms with Gasteiger partial charge in [-0.15, -0.1) is 0 Å². The Balaban J connectivity index is 2.21. The molecule has 0 aliphatic rings. The molecule has 1 atom stereocenters. The summed E-state index contributed by atoms with van der Waals surface area (Å²) in [4.78, 5) is 36.9. The molecule has 30 heavy (non-hydrogen) atoms. The van der Waals surface area contributed by atoms with Crippen LogP contribution in [0.5, 0.6) is 5.75 Å². The predicted octanol–water partition coefficient (Wildman–Crippen LogP) is 4.64. The molecule has 0 spiro atoms. The zero-order valence-electron chi connectivity index (χ0n) is 18.8. The lowest BCUT2D eigenvalue weighted by molar-refractivity contribution is -0.137. The van der Waals surface area contributed by atoms with Gasteiger partial charge in [-0.05, 0) is 71.1 Å². The maximum Gasteiger partial charge on any atom is 0.408 e. The van der Waals surface area contributed by atoms with E-state index in [0.717, 1.165) is 17.4 Å². The van der Waals surface area contributed by atoms with E-state index in [2.05, 4.69) is 5.32 Å². The van der Waals surface area contributed by atoms with Crippen LogP contribution in [0.3, 0.4) is 0 Å². The SMILES string of the molecule is Cc1c(C)c2ccc(OC(=O)[C@@H](CCC(C)C)NC(=O)OC(C)(C)C)cc2oc1=O. The monoisotopic (exact) mass is 417 g/mol. The van der Waals surface area contributed by atoms with Crippen LogP contribution in [0.4, 0.5) is 4.79 Å². The van der Waals surface area contributed by atoms with Crippen LogP contribution in [0.2, 0.25) is 0 Å². The van der Waals surface area contributed by atoms with Gasteiger partial charge in [0.05, 0.1) is 0 Å². The lowest BCUT2D eigenvalue weighted by Crippen LogP contribution is -2.45. The molecule has 0 unspecified atom stereocenters. The van der Waals surface area contributed by atoms with Gasteiger partial charge in [-0.25, -0.2) is 14.4 Å². The number of fused-ring (bicyclic) bond motifs is 1. The molecule has 1 heterocycles. The number of carbonyl (C=O) groups is 2. The van der Waals surface area contributed by atoms with Crippen molar-refractivity contribution in [3.8, 4) is 5.75 Å². The molecule has 0 saturated carbocycles. The first-order valence-electron chi connectivity index (χ1n) is 10.1. The molecule has 0 fully saturated rings. The van der Waals surface area contributed by atoms with Gasteiger partial charge in [-0.1, -0.05) is 13.8 Å². The summed E-state index contributed by atoms with van der Waals surface area (Å²) < 4.78 is 16.1. The first kappa shape index (κ1) is 23.4. The normalized spacial score (nSPS) is 12.7. The highest BCUT2D eigenvalue weighted by Crippen LogP contribution is 2.24. The molecule has 2 rings (SSSR count). The summed E-state index contributed by atoms with van der Waals surface area (Å²) in [5, 5.41) is 3.38. The fraction of sp³-hybridized carbons (Fsp3) is 0.522. The number of amides is 1. The summed E-state index contributed by atoms with van der Waals surface area (Å²) in [6.07, 6.45) is 0.459. The third-order valence-electron chi connectivity index (χ3n) is 4.66. The summed E-state index contributed by atoms with van der Waals surface area (Å²) in [6, 6.07) is 4.03. The van der Waals surface area contributed by atoms with Crippen molar-refractivity contribution in [1.29, 1.82) is 0 Å². The van der Waals surface area contributed by atoms with E-state index in [1.807, 2.05) is 20.8 Å². The van der Waals surface area contributed by atoms with Crippen LogP contribution in [0, 0.1) is 19.8 Å². The molecule has 0 radical (unpaired) electrons. The van der Waals surface area contributed by atoms with E-state index in [0.29, 0.717) is 23.5 Å². The molecule has 0 aliphatic heterocycles. The van der Waals surface area contributed by atoms with Crippen LogP contribution < -0.4 is 15.7 Å². The maximum atomic E-state index is 12.8. The molecular weight excluding hydrogens is 386 g/mol. The molecular formula is C23H31NO6. The van der Waals surface area contributed by atoms with E-state index in [1.165, 1.54) is 6.07 Å². The maximum absolute atomic E-state index is 12.8. The molecule has 2 aromatic rings. The zero-order chi connectivity index (χ0) is 22.6. The third-order valence-corrected chi connectivity index (χ3v) is 4.66. The van der Waals surface area contributed by atoms with Crippen molar-refractivity contribution in [2.24, 2.45) is 5.92 Å². The zero-order valence-corrected chi connectivity index (χ0v) is 18.8. The summed E-state index contributed by atoms with van der Waals surface area (Å²) in [6.45, 7) is 12.9. The average molecular weight is 418 g/mol. The molecule has 0 bridgehead atoms. The molecule has 164 valence electrons. The van der Waals surface area contributed by atoms with Crippen molar-refractivity contribution >= 4 is 23.0 Å². The van der Waals surface area contributed by atoms with Crippen LogP contribution in [0.15, 0.2) is 27.4 Å². The Bertz CT molecular complexity index is 984. The number of nitrogens with one attached hydrogen (secondary N) is 1. The molecule has 1 N–H and O–H groups in total. The molecule has 1 amide bonds. The largest absolute Gasteiger partial charge is 0.444 e. The van der Waals surface area contributed by atoms with Gasteiger partial charge in [0.1, 0.15) is 23.0 Å². The fourth-order valence-electron chi connectivity index (χ4n) is 2.88. The van der Waals surface area contributed by atoms with Crippen molar-refractivity contribution < 1.29 is 23.5 Å². The topological polar surface area (TPSA) is 94.8 Å². The minimum atomic E-state index is -0.857. The Morgan fingerprint density at radius 1 is 1.10 bits per heavy atom. The van der Waals surface area contributed by atoms with Gasteiger partial charge in [-0.3, -0.25) is 0 Å². The van der Waals surface area contributed by atoms with Crippen molar-refractivity contribution in [3.63, 3.8) is 0 Å². The number of hydrogen-bond donors (Lipinski definition) is 1. The smallest absolute Gasteiger partial charge is 0.408 e. The Morgan fingerprint density at radius 3 is 2.37 bits per heavy atom. The molecule has 0 aliphatic carbocycles. The highest BCUT2D eigenvalue weighted by Gasteiger charge is 2.26. The van der Waals surface area contributed by atoms with Gasteiger partial charge in [0.15, 0.2) is 0 Å². The second kappa shape index (κ2) is 9.32. The van der Waals surface area contributed by atoms with E-state index < -0.39 is 29.3 Å². The minimum Gasteiger partial charge on any atom is -0.444 e. The van der Waals surface area contributed by atoms with Crippen LogP contribution in [0.1, 0.15) is 58.6 Å². The quantitative estimate of drug-likeness (QED) is 0.418. The van der Waals surface area contributed by atoms with Crippen LogP contribution in [-0.2, 0) is 9.53 Å². The fourth-order valence-corrected chi connectivity index (χ4v) is 2.88. The van der Waals surface area contributed by atoms with E-state index >= 15 is 0 Å². The Labute approximate surface area is 176 Å². The van der Waals surface area contributed by atoms with E-state index in [4.69, 9.17) is 13.9 Å². The highest BCUT2D eigenvalue weighted by molar-refractivity contribution is 5.85. The lowest BCUT2D eigenvalue weighted by atomic mass is 10.0. The number of alkyl carbamates (subject to hydrolysis) is 1. The highest BCUT2D eigenvalue weighted by atomic mass is 16.6. The number of carbonyl (C=O) groups excluding carboxylic acids is 2. The summed E-state index contributed by atoms with van der Waals surface area (Å²) in [5.41, 5.74) is 0.600. The molecule has 7 nitrogen and oxygen atoms in total. The number of benzene rings is 1. The number of ether oxygens (including phenoxy) is 2. The molecule has 1 aromatic carbocycles. The average Bonchev–Trinajstić information content (AvgIpc) is 2.61. The number of aryl methyl sites for hydroxylation is 1. The van der Waals surface area contributed by atoms with Crippen LogP contribution in [0.25, 0.3) is 11.0 Å². The summed E-state index contributed by atoms with van der Waals surface area (Å²) >= 11 is 0. The first-order chi connectivity index (χ1) is 13.9. The number of rotatable bonds is 6. The minimum absolute atomic E-state index is 0.236. The van der Waals surface area contributed by atoms with E-state index in [1.54, 1.807) is 39.8 Å². The second-order valence-corrected chi connectivity index (χ2v) is 8.89. The van der Waals surface area contributed by atoms with Crippen molar-refractivity contribution in [3.05, 3.63) is 39.7 Å². The summed E-state index contributed by atoms with van der Waals surface area (Å²) in [5.74, 6) is -0.0200. The summed E-state index contributed by atoms with van der Waals surface area (Å²) in [7, 11) is 0. The van der Waals surface area contributed by atoms with Crippen molar-refractivity contribution in [2.75, 3.05) is 0 Å². The molecule has 7 heteroatoms. The van der Waals surface area contributed by atoms with Gasteiger partial charge >= 0.3 is 17.7 Å². The van der Waals surface area contributed by atoms with Crippen molar-refractivity contribution in [2.45, 2.75) is 73.0 Å².